The van der Waals surface area contributed by atoms with Gasteiger partial charge in [-0.1, -0.05) is 19.1 Å². The van der Waals surface area contributed by atoms with Gasteiger partial charge in [0.25, 0.3) is 5.69 Å². The van der Waals surface area contributed by atoms with Gasteiger partial charge in [-0.05, 0) is 54.5 Å². The fourth-order valence-corrected chi connectivity index (χ4v) is 3.62. The van der Waals surface area contributed by atoms with Gasteiger partial charge >= 0.3 is 0 Å². The standard InChI is InChI=1S/C19H20N4O5S2/c1-2-12-20-30(27,28)17-9-7-15(8-10-17)21-19(29)22-18(24)11-6-14-4-3-5-16(13-14)23(25)26/h3-11,13,20H,2,12H2,1H3,(H2,21,22,24,29)/b11-6+. The Morgan fingerprint density at radius 3 is 2.53 bits per heavy atom. The number of amides is 1. The van der Waals surface area contributed by atoms with Gasteiger partial charge in [0.1, 0.15) is 0 Å². The van der Waals surface area contributed by atoms with Gasteiger partial charge in [0.15, 0.2) is 5.11 Å². The highest BCUT2D eigenvalue weighted by molar-refractivity contribution is 7.89. The highest BCUT2D eigenvalue weighted by atomic mass is 32.2. The number of nitrogens with one attached hydrogen (secondary N) is 3. The zero-order chi connectivity index (χ0) is 22.1. The van der Waals surface area contributed by atoms with Crippen molar-refractivity contribution in [3.05, 3.63) is 70.3 Å². The van der Waals surface area contributed by atoms with Crippen molar-refractivity contribution in [2.24, 2.45) is 0 Å². The molecule has 0 aliphatic rings. The summed E-state index contributed by atoms with van der Waals surface area (Å²) >= 11 is 5.06. The zero-order valence-corrected chi connectivity index (χ0v) is 17.6. The number of nitrogens with zero attached hydrogens (tertiary/aromatic N) is 1. The summed E-state index contributed by atoms with van der Waals surface area (Å²) in [5.74, 6) is -0.526. The Hall–Kier alpha value is -3.15. The number of sulfonamides is 1. The molecule has 9 nitrogen and oxygen atoms in total. The number of non-ortho nitro benzene ring substituents is 1. The molecule has 2 aromatic rings. The number of nitro groups is 1. The van der Waals surface area contributed by atoms with Crippen molar-refractivity contribution in [1.29, 1.82) is 0 Å². The van der Waals surface area contributed by atoms with Crippen LogP contribution in [0.2, 0.25) is 0 Å². The Bertz CT molecular complexity index is 1070. The van der Waals surface area contributed by atoms with Crippen molar-refractivity contribution < 1.29 is 18.1 Å². The Kier molecular flexibility index (Phi) is 8.16. The smallest absolute Gasteiger partial charge is 0.270 e. The molecule has 0 aliphatic heterocycles. The number of thiocarbonyl (C=S) groups is 1. The highest BCUT2D eigenvalue weighted by Crippen LogP contribution is 2.15. The lowest BCUT2D eigenvalue weighted by Crippen LogP contribution is -2.32. The number of rotatable bonds is 8. The van der Waals surface area contributed by atoms with Gasteiger partial charge in [-0.25, -0.2) is 13.1 Å². The van der Waals surface area contributed by atoms with E-state index in [9.17, 15) is 23.3 Å². The molecule has 0 spiro atoms. The van der Waals surface area contributed by atoms with Crippen molar-refractivity contribution in [3.8, 4) is 0 Å². The molecule has 2 aromatic carbocycles. The lowest BCUT2D eigenvalue weighted by atomic mass is 10.2. The molecule has 0 radical (unpaired) electrons. The second kappa shape index (κ2) is 10.6. The molecular formula is C19H20N4O5S2. The van der Waals surface area contributed by atoms with E-state index in [2.05, 4.69) is 15.4 Å². The molecule has 0 aromatic heterocycles. The molecule has 158 valence electrons. The number of hydrogen-bond donors (Lipinski definition) is 3. The average Bonchev–Trinajstić information content (AvgIpc) is 2.71. The van der Waals surface area contributed by atoms with Crippen molar-refractivity contribution in [2.45, 2.75) is 18.2 Å². The largest absolute Gasteiger partial charge is 0.332 e. The van der Waals surface area contributed by atoms with Gasteiger partial charge in [0.05, 0.1) is 9.82 Å². The lowest BCUT2D eigenvalue weighted by Gasteiger charge is -2.10. The van der Waals surface area contributed by atoms with Gasteiger partial charge in [-0.3, -0.25) is 20.2 Å². The second-order valence-electron chi connectivity index (χ2n) is 6.05. The van der Waals surface area contributed by atoms with Gasteiger partial charge in [0.2, 0.25) is 15.9 Å². The van der Waals surface area contributed by atoms with E-state index in [0.29, 0.717) is 24.2 Å². The molecule has 2 rings (SSSR count). The van der Waals surface area contributed by atoms with Crippen LogP contribution in [0.5, 0.6) is 0 Å². The summed E-state index contributed by atoms with van der Waals surface area (Å²) in [7, 11) is -3.56. The predicted octanol–water partition coefficient (Wildman–Crippen LogP) is 2.81. The number of nitro benzene ring substituents is 1. The van der Waals surface area contributed by atoms with E-state index in [0.717, 1.165) is 0 Å². The lowest BCUT2D eigenvalue weighted by molar-refractivity contribution is -0.384. The molecular weight excluding hydrogens is 428 g/mol. The van der Waals surface area contributed by atoms with Crippen LogP contribution in [0.25, 0.3) is 6.08 Å². The summed E-state index contributed by atoms with van der Waals surface area (Å²) in [6.45, 7) is 2.21. The topological polar surface area (TPSA) is 130 Å². The third-order valence-electron chi connectivity index (χ3n) is 3.71. The number of anilines is 1. The summed E-state index contributed by atoms with van der Waals surface area (Å²) in [6.07, 6.45) is 3.30. The molecule has 1 amide bonds. The van der Waals surface area contributed by atoms with E-state index in [1.807, 2.05) is 6.92 Å². The monoisotopic (exact) mass is 448 g/mol. The maximum absolute atomic E-state index is 12.1. The first-order valence-electron chi connectivity index (χ1n) is 8.85. The molecule has 0 unspecified atom stereocenters. The van der Waals surface area contributed by atoms with Crippen molar-refractivity contribution in [2.75, 3.05) is 11.9 Å². The SMILES string of the molecule is CCCNS(=O)(=O)c1ccc(NC(=S)NC(=O)/C=C/c2cccc([N+](=O)[O-])c2)cc1. The Morgan fingerprint density at radius 2 is 1.90 bits per heavy atom. The maximum atomic E-state index is 12.1. The summed E-state index contributed by atoms with van der Waals surface area (Å²) in [5, 5.41) is 16.0. The average molecular weight is 449 g/mol. The molecule has 0 saturated heterocycles. The first kappa shape index (κ1) is 23.1. The maximum Gasteiger partial charge on any atom is 0.270 e. The van der Waals surface area contributed by atoms with E-state index >= 15 is 0 Å². The minimum absolute atomic E-state index is 0.0170. The number of benzene rings is 2. The molecule has 0 heterocycles. The van der Waals surface area contributed by atoms with Gasteiger partial charge in [-0.15, -0.1) is 0 Å². The minimum Gasteiger partial charge on any atom is -0.332 e. The zero-order valence-electron chi connectivity index (χ0n) is 16.0. The van der Waals surface area contributed by atoms with Crippen LogP contribution in [-0.2, 0) is 14.8 Å². The number of hydrogen-bond acceptors (Lipinski definition) is 6. The van der Waals surface area contributed by atoms with E-state index in [4.69, 9.17) is 12.2 Å². The molecule has 3 N–H and O–H groups in total. The van der Waals surface area contributed by atoms with Crippen LogP contribution in [0.3, 0.4) is 0 Å². The van der Waals surface area contributed by atoms with E-state index in [1.54, 1.807) is 6.07 Å². The van der Waals surface area contributed by atoms with Crippen LogP contribution in [-0.4, -0.2) is 30.9 Å². The van der Waals surface area contributed by atoms with Crippen LogP contribution in [0, 0.1) is 10.1 Å². The summed E-state index contributed by atoms with van der Waals surface area (Å²) < 4.78 is 26.6. The number of carbonyl (C=O) groups excluding carboxylic acids is 1. The van der Waals surface area contributed by atoms with Gasteiger partial charge < -0.3 is 5.32 Å². The molecule has 0 aliphatic carbocycles. The third kappa shape index (κ3) is 7.03. The van der Waals surface area contributed by atoms with E-state index < -0.39 is 20.9 Å². The van der Waals surface area contributed by atoms with Crippen LogP contribution >= 0.6 is 12.2 Å². The first-order valence-corrected chi connectivity index (χ1v) is 10.7. The molecule has 0 atom stereocenters. The highest BCUT2D eigenvalue weighted by Gasteiger charge is 2.12. The molecule has 30 heavy (non-hydrogen) atoms. The second-order valence-corrected chi connectivity index (χ2v) is 8.23. The molecule has 0 bridgehead atoms. The summed E-state index contributed by atoms with van der Waals surface area (Å²) in [4.78, 5) is 22.3. The van der Waals surface area contributed by atoms with Crippen molar-refractivity contribution in [3.63, 3.8) is 0 Å². The molecule has 0 fully saturated rings. The fraction of sp³-hybridized carbons (Fsp3) is 0.158. The third-order valence-corrected chi connectivity index (χ3v) is 5.39. The van der Waals surface area contributed by atoms with Crippen LogP contribution in [0.4, 0.5) is 11.4 Å². The minimum atomic E-state index is -3.56. The summed E-state index contributed by atoms with van der Waals surface area (Å²) in [6, 6.07) is 11.7. The first-order chi connectivity index (χ1) is 14.2. The van der Waals surface area contributed by atoms with Gasteiger partial charge in [0, 0.05) is 30.4 Å². The Morgan fingerprint density at radius 1 is 1.20 bits per heavy atom. The Labute approximate surface area is 179 Å². The quantitative estimate of drug-likeness (QED) is 0.245. The Balaban J connectivity index is 1.93. The van der Waals surface area contributed by atoms with Gasteiger partial charge in [-0.2, -0.15) is 0 Å². The molecule has 0 saturated carbocycles. The van der Waals surface area contributed by atoms with E-state index in [-0.39, 0.29) is 15.7 Å². The van der Waals surface area contributed by atoms with Crippen LogP contribution < -0.4 is 15.4 Å². The van der Waals surface area contributed by atoms with Crippen LogP contribution in [0.1, 0.15) is 18.9 Å². The van der Waals surface area contributed by atoms with E-state index in [1.165, 1.54) is 54.6 Å². The summed E-state index contributed by atoms with van der Waals surface area (Å²) in [5.41, 5.74) is 0.911. The molecule has 11 heteroatoms. The normalized spacial score (nSPS) is 11.2. The van der Waals surface area contributed by atoms with Crippen molar-refractivity contribution in [1.82, 2.24) is 10.0 Å². The van der Waals surface area contributed by atoms with Crippen molar-refractivity contribution >= 4 is 50.7 Å². The fourth-order valence-electron chi connectivity index (χ4n) is 2.27. The predicted molar refractivity (Wildman–Crippen MR) is 118 cm³/mol. The number of carbonyl (C=O) groups is 1. The van der Waals surface area contributed by atoms with Crippen LogP contribution in [0.15, 0.2) is 59.5 Å².